The summed E-state index contributed by atoms with van der Waals surface area (Å²) < 4.78 is 16.8. The average molecular weight is 506 g/mol. The summed E-state index contributed by atoms with van der Waals surface area (Å²) in [5.74, 6) is 2.25. The number of benzene rings is 2. The molecule has 1 fully saturated rings. The zero-order valence-corrected chi connectivity index (χ0v) is 21.1. The number of aromatic hydroxyl groups is 1. The number of thioether (sulfide) groups is 1. The Hall–Kier alpha value is -3.98. The number of rotatable bonds is 9. The molecular formula is C27H27N3O5S. The van der Waals surface area contributed by atoms with E-state index in [0.717, 1.165) is 11.1 Å². The third kappa shape index (κ3) is 6.37. The fraction of sp³-hybridized carbons (Fsp3) is 0.222. The van der Waals surface area contributed by atoms with Crippen molar-refractivity contribution < 1.29 is 23.8 Å². The van der Waals surface area contributed by atoms with E-state index in [4.69, 9.17) is 13.9 Å². The van der Waals surface area contributed by atoms with Gasteiger partial charge in [0.25, 0.3) is 5.91 Å². The summed E-state index contributed by atoms with van der Waals surface area (Å²) in [6.07, 6.45) is 4.92. The van der Waals surface area contributed by atoms with Gasteiger partial charge in [-0.05, 0) is 83.4 Å². The van der Waals surface area contributed by atoms with E-state index in [1.165, 1.54) is 16.7 Å². The Bertz CT molecular complexity index is 1280. The van der Waals surface area contributed by atoms with Gasteiger partial charge in [0, 0.05) is 0 Å². The molecule has 8 nitrogen and oxygen atoms in total. The van der Waals surface area contributed by atoms with Gasteiger partial charge in [-0.15, -0.1) is 5.10 Å². The van der Waals surface area contributed by atoms with Crippen molar-refractivity contribution in [3.8, 4) is 17.2 Å². The molecule has 0 bridgehead atoms. The summed E-state index contributed by atoms with van der Waals surface area (Å²) in [5.41, 5.74) is 1.57. The van der Waals surface area contributed by atoms with Gasteiger partial charge in [0.2, 0.25) is 0 Å². The molecule has 4 rings (SSSR count). The van der Waals surface area contributed by atoms with Gasteiger partial charge >= 0.3 is 0 Å². The molecule has 2 aromatic carbocycles. The molecule has 0 saturated carbocycles. The van der Waals surface area contributed by atoms with Gasteiger partial charge in [-0.2, -0.15) is 5.10 Å². The molecule has 1 amide bonds. The maximum Gasteiger partial charge on any atom is 0.267 e. The highest BCUT2D eigenvalue weighted by Gasteiger charge is 2.34. The van der Waals surface area contributed by atoms with Crippen LogP contribution in [0.3, 0.4) is 0 Å². The number of hydrogen-bond acceptors (Lipinski definition) is 8. The van der Waals surface area contributed by atoms with Crippen molar-refractivity contribution in [3.63, 3.8) is 0 Å². The minimum absolute atomic E-state index is 0.172. The fourth-order valence-electron chi connectivity index (χ4n) is 3.29. The first-order valence-electron chi connectivity index (χ1n) is 11.4. The summed E-state index contributed by atoms with van der Waals surface area (Å²) >= 11 is 1.23. The Morgan fingerprint density at radius 1 is 1.11 bits per heavy atom. The van der Waals surface area contributed by atoms with E-state index in [9.17, 15) is 9.90 Å². The lowest BCUT2D eigenvalue weighted by molar-refractivity contribution is -0.122. The van der Waals surface area contributed by atoms with Gasteiger partial charge in [-0.25, -0.2) is 0 Å². The van der Waals surface area contributed by atoms with Crippen LogP contribution in [-0.2, 0) is 11.3 Å². The normalized spacial score (nSPS) is 16.1. The molecule has 0 unspecified atom stereocenters. The second kappa shape index (κ2) is 11.6. The average Bonchev–Trinajstić information content (AvgIpc) is 3.48. The summed E-state index contributed by atoms with van der Waals surface area (Å²) in [6.45, 7) is 4.97. The summed E-state index contributed by atoms with van der Waals surface area (Å²) in [7, 11) is 1.59. The van der Waals surface area contributed by atoms with E-state index in [2.05, 4.69) is 24.1 Å². The molecule has 1 aliphatic rings. The molecule has 9 heteroatoms. The summed E-state index contributed by atoms with van der Waals surface area (Å²) in [6, 6.07) is 15.7. The number of amidine groups is 1. The van der Waals surface area contributed by atoms with E-state index < -0.39 is 0 Å². The quantitative estimate of drug-likeness (QED) is 0.233. The predicted molar refractivity (Wildman–Crippen MR) is 141 cm³/mol. The van der Waals surface area contributed by atoms with Crippen molar-refractivity contribution in [1.29, 1.82) is 0 Å². The molecule has 1 N–H and O–H groups in total. The number of amides is 1. The molecule has 186 valence electrons. The Kier molecular flexibility index (Phi) is 8.12. The number of hydrogen-bond donors (Lipinski definition) is 1. The summed E-state index contributed by atoms with van der Waals surface area (Å²) in [5, 5.41) is 18.3. The molecule has 3 aromatic rings. The van der Waals surface area contributed by atoms with E-state index in [0.29, 0.717) is 39.9 Å². The third-order valence-electron chi connectivity index (χ3n) is 5.08. The zero-order chi connectivity index (χ0) is 25.5. The summed E-state index contributed by atoms with van der Waals surface area (Å²) in [4.78, 5) is 15.3. The first kappa shape index (κ1) is 25.1. The smallest absolute Gasteiger partial charge is 0.267 e. The monoisotopic (exact) mass is 505 g/mol. The minimum Gasteiger partial charge on any atom is -0.508 e. The van der Waals surface area contributed by atoms with Crippen LogP contribution in [-0.4, -0.2) is 41.0 Å². The number of nitrogens with zero attached hydrogens (tertiary/aromatic N) is 3. The minimum atomic E-state index is -0.200. The maximum atomic E-state index is 13.3. The second-order valence-electron chi connectivity index (χ2n) is 8.42. The standard InChI is InChI=1S/C27H27N3O5S/c1-18(2)17-35-23-11-8-20(13-24(23)33-3)14-25-26(32)30(16-22-5-4-12-34-22)27(36-25)29-28-15-19-6-9-21(31)10-7-19/h4-15,18,31H,16-17H2,1-3H3/b25-14-,28-15+,29-27-. The number of phenolic OH excluding ortho intramolecular Hbond substituents is 1. The van der Waals surface area contributed by atoms with Crippen LogP contribution in [0.15, 0.2) is 80.4 Å². The van der Waals surface area contributed by atoms with Crippen LogP contribution in [0, 0.1) is 5.92 Å². The van der Waals surface area contributed by atoms with E-state index in [-0.39, 0.29) is 18.2 Å². The number of phenols is 1. The van der Waals surface area contributed by atoms with Gasteiger partial charge in [-0.1, -0.05) is 19.9 Å². The molecule has 1 saturated heterocycles. The van der Waals surface area contributed by atoms with Crippen molar-refractivity contribution >= 4 is 35.1 Å². The highest BCUT2D eigenvalue weighted by atomic mass is 32.2. The highest BCUT2D eigenvalue weighted by molar-refractivity contribution is 8.18. The van der Waals surface area contributed by atoms with Crippen molar-refractivity contribution in [1.82, 2.24) is 4.90 Å². The van der Waals surface area contributed by atoms with E-state index in [1.807, 2.05) is 18.2 Å². The Morgan fingerprint density at radius 2 is 1.89 bits per heavy atom. The molecular weight excluding hydrogens is 478 g/mol. The van der Waals surface area contributed by atoms with Gasteiger partial charge < -0.3 is 19.0 Å². The third-order valence-corrected chi connectivity index (χ3v) is 6.08. The topological polar surface area (TPSA) is 96.9 Å². The van der Waals surface area contributed by atoms with E-state index in [1.54, 1.807) is 62.1 Å². The van der Waals surface area contributed by atoms with Gasteiger partial charge in [0.1, 0.15) is 11.5 Å². The van der Waals surface area contributed by atoms with Crippen molar-refractivity contribution in [2.24, 2.45) is 16.1 Å². The maximum absolute atomic E-state index is 13.3. The molecule has 0 spiro atoms. The van der Waals surface area contributed by atoms with Crippen LogP contribution in [0.2, 0.25) is 0 Å². The van der Waals surface area contributed by atoms with Crippen LogP contribution in [0.25, 0.3) is 6.08 Å². The molecule has 2 heterocycles. The molecule has 1 aromatic heterocycles. The lowest BCUT2D eigenvalue weighted by atomic mass is 10.1. The fourth-order valence-corrected chi connectivity index (χ4v) is 4.22. The van der Waals surface area contributed by atoms with Crippen LogP contribution < -0.4 is 9.47 Å². The lowest BCUT2D eigenvalue weighted by Gasteiger charge is -2.13. The number of carbonyl (C=O) groups is 1. The van der Waals surface area contributed by atoms with Crippen LogP contribution in [0.4, 0.5) is 0 Å². The van der Waals surface area contributed by atoms with E-state index >= 15 is 0 Å². The van der Waals surface area contributed by atoms with Crippen molar-refractivity contribution in [3.05, 3.63) is 82.7 Å². The SMILES string of the molecule is COc1cc(/C=C2\S/C(=N\N=C\c3ccc(O)cc3)N(Cc3ccco3)C2=O)ccc1OCC(C)C. The van der Waals surface area contributed by atoms with Gasteiger partial charge in [0.15, 0.2) is 16.7 Å². The molecule has 0 radical (unpaired) electrons. The Morgan fingerprint density at radius 3 is 2.58 bits per heavy atom. The zero-order valence-electron chi connectivity index (χ0n) is 20.2. The largest absolute Gasteiger partial charge is 0.508 e. The van der Waals surface area contributed by atoms with Crippen LogP contribution in [0.5, 0.6) is 17.2 Å². The second-order valence-corrected chi connectivity index (χ2v) is 9.42. The number of methoxy groups -OCH3 is 1. The van der Waals surface area contributed by atoms with Gasteiger partial charge in [0.05, 0.1) is 37.6 Å². The van der Waals surface area contributed by atoms with Crippen molar-refractivity contribution in [2.45, 2.75) is 20.4 Å². The molecule has 36 heavy (non-hydrogen) atoms. The number of furan rings is 1. The van der Waals surface area contributed by atoms with Gasteiger partial charge in [-0.3, -0.25) is 9.69 Å². The number of ether oxygens (including phenoxy) is 2. The Labute approximate surface area is 213 Å². The van der Waals surface area contributed by atoms with Crippen LogP contribution in [0.1, 0.15) is 30.7 Å². The molecule has 0 aliphatic carbocycles. The Balaban J connectivity index is 1.59. The van der Waals surface area contributed by atoms with Crippen LogP contribution >= 0.6 is 11.8 Å². The lowest BCUT2D eigenvalue weighted by Crippen LogP contribution is -2.28. The first-order valence-corrected chi connectivity index (χ1v) is 12.2. The number of carbonyl (C=O) groups excluding carboxylic acids is 1. The molecule has 0 atom stereocenters. The highest BCUT2D eigenvalue weighted by Crippen LogP contribution is 2.35. The molecule has 1 aliphatic heterocycles. The predicted octanol–water partition coefficient (Wildman–Crippen LogP) is 5.54. The van der Waals surface area contributed by atoms with Crippen molar-refractivity contribution in [2.75, 3.05) is 13.7 Å². The first-order chi connectivity index (χ1) is 17.4.